The van der Waals surface area contributed by atoms with E-state index in [4.69, 9.17) is 5.41 Å². The van der Waals surface area contributed by atoms with Gasteiger partial charge in [-0.05, 0) is 0 Å². The summed E-state index contributed by atoms with van der Waals surface area (Å²) in [5, 5.41) is 7.61. The van der Waals surface area contributed by atoms with Gasteiger partial charge < -0.3 is 0 Å². The zero-order valence-corrected chi connectivity index (χ0v) is 8.62. The van der Waals surface area contributed by atoms with Crippen molar-refractivity contribution in [3.63, 3.8) is 0 Å². The Morgan fingerprint density at radius 3 is 2.50 bits per heavy atom. The molecule has 0 aliphatic carbocycles. The molecule has 0 amide bonds. The summed E-state index contributed by atoms with van der Waals surface area (Å²) in [7, 11) is 0. The molecule has 0 radical (unpaired) electrons. The second kappa shape index (κ2) is 5.33. The molecule has 0 unspecified atom stereocenters. The summed E-state index contributed by atoms with van der Waals surface area (Å²) in [6.07, 6.45) is 1.87. The van der Waals surface area contributed by atoms with E-state index >= 15 is 0 Å². The minimum atomic E-state index is 0.536. The van der Waals surface area contributed by atoms with Crippen LogP contribution in [0, 0.1) is 5.41 Å². The quantitative estimate of drug-likeness (QED) is 0.550. The average molecular weight is 183 g/mol. The molecule has 0 spiro atoms. The van der Waals surface area contributed by atoms with E-state index in [2.05, 4.69) is 12.1 Å². The van der Waals surface area contributed by atoms with Crippen molar-refractivity contribution < 1.29 is 0 Å². The molecule has 0 saturated heterocycles. The van der Waals surface area contributed by atoms with E-state index in [0.29, 0.717) is 5.61 Å². The van der Waals surface area contributed by atoms with E-state index in [1.54, 1.807) is 6.92 Å². The molecule has 0 aliphatic heterocycles. The second-order valence-corrected chi connectivity index (χ2v) is 3.15. The Bertz CT molecular complexity index is 363. The molecule has 1 nitrogen and oxygen atoms in total. The summed E-state index contributed by atoms with van der Waals surface area (Å²) in [5.41, 5.74) is 2.82. The first-order chi connectivity index (χ1) is 6.74. The monoisotopic (exact) mass is 183 g/mol. The number of nitrogens with one attached hydrogen (secondary N) is 1. The van der Waals surface area contributed by atoms with Crippen LogP contribution < -0.4 is 0 Å². The molecule has 1 rings (SSSR count). The fourth-order valence-corrected chi connectivity index (χ4v) is 1.25. The van der Waals surface area contributed by atoms with Crippen LogP contribution in [0.5, 0.6) is 0 Å². The van der Waals surface area contributed by atoms with E-state index in [9.17, 15) is 0 Å². The molecule has 0 heterocycles. The van der Waals surface area contributed by atoms with Gasteiger partial charge in [0.25, 0.3) is 0 Å². The van der Waals surface area contributed by atoms with Gasteiger partial charge >= 0.3 is 85.3 Å². The Morgan fingerprint density at radius 2 is 1.93 bits per heavy atom. The first-order valence-electron chi connectivity index (χ1n) is 4.69. The number of hydrogen-bond donors (Lipinski definition) is 1. The van der Waals surface area contributed by atoms with Gasteiger partial charge in [-0.2, -0.15) is 0 Å². The molecule has 0 aromatic heterocycles. The number of allylic oxidation sites excluding steroid dienone is 2. The maximum atomic E-state index is 7.61. The fourth-order valence-electron chi connectivity index (χ4n) is 1.25. The van der Waals surface area contributed by atoms with E-state index in [1.807, 2.05) is 44.1 Å². The van der Waals surface area contributed by atoms with Crippen LogP contribution in [0.4, 0.5) is 0 Å². The first-order valence-corrected chi connectivity index (χ1v) is 4.69. The van der Waals surface area contributed by atoms with Crippen molar-refractivity contribution >= 4 is 24.1 Å². The van der Waals surface area contributed by atoms with Crippen LogP contribution >= 0.6 is 0 Å². The summed E-state index contributed by atoms with van der Waals surface area (Å²) in [6.45, 7) is 5.72. The van der Waals surface area contributed by atoms with E-state index in [1.165, 1.54) is 5.56 Å². The first kappa shape index (κ1) is 10.6. The molecule has 1 aromatic rings. The Balaban J connectivity index is 2.85. The standard InChI is InChI=1S/C12H14BN/c1-3-13-12(14)9-10(2)11-7-5-4-6-8-11/h3-9,14H,1-2H3/b10-9+,14-12?. The van der Waals surface area contributed by atoms with Gasteiger partial charge in [0.15, 0.2) is 0 Å². The third-order valence-electron chi connectivity index (χ3n) is 1.95. The molecule has 0 atom stereocenters. The maximum absolute atomic E-state index is 7.61. The van der Waals surface area contributed by atoms with Gasteiger partial charge in [0, 0.05) is 0 Å². The van der Waals surface area contributed by atoms with Crippen LogP contribution in [0.2, 0.25) is 0 Å². The number of benzene rings is 1. The fraction of sp³-hybridized carbons (Fsp3) is 0.167. The van der Waals surface area contributed by atoms with Gasteiger partial charge in [-0.1, -0.05) is 0 Å². The van der Waals surface area contributed by atoms with Crippen molar-refractivity contribution in [1.29, 1.82) is 5.41 Å². The van der Waals surface area contributed by atoms with Crippen molar-refractivity contribution in [1.82, 2.24) is 0 Å². The molecule has 0 aliphatic rings. The van der Waals surface area contributed by atoms with Gasteiger partial charge in [-0.3, -0.25) is 0 Å². The van der Waals surface area contributed by atoms with Gasteiger partial charge in [-0.15, -0.1) is 0 Å². The average Bonchev–Trinajstić information content (AvgIpc) is 2.19. The van der Waals surface area contributed by atoms with Crippen molar-refractivity contribution in [3.05, 3.63) is 42.0 Å². The predicted molar refractivity (Wildman–Crippen MR) is 65.3 cm³/mol. The number of rotatable bonds is 3. The summed E-state index contributed by atoms with van der Waals surface area (Å²) < 4.78 is 0. The zero-order chi connectivity index (χ0) is 10.4. The second-order valence-electron chi connectivity index (χ2n) is 3.15. The summed E-state index contributed by atoms with van der Waals surface area (Å²) in [6, 6.07) is 10.1. The van der Waals surface area contributed by atoms with Crippen LogP contribution in [0.1, 0.15) is 19.4 Å². The SMILES string of the molecule is CC=BC(=N)/C=C(\C)c1ccccc1. The zero-order valence-electron chi connectivity index (χ0n) is 8.62. The molecule has 1 aromatic carbocycles. The Morgan fingerprint density at radius 1 is 1.29 bits per heavy atom. The Hall–Kier alpha value is -1.44. The Kier molecular flexibility index (Phi) is 4.05. The molecule has 0 fully saturated rings. The summed E-state index contributed by atoms with van der Waals surface area (Å²) >= 11 is 0. The molecular weight excluding hydrogens is 169 g/mol. The van der Waals surface area contributed by atoms with Crippen molar-refractivity contribution in [2.24, 2.45) is 0 Å². The van der Waals surface area contributed by atoms with Crippen LogP contribution in [0.25, 0.3) is 5.57 Å². The van der Waals surface area contributed by atoms with Gasteiger partial charge in [-0.25, -0.2) is 0 Å². The molecule has 0 bridgehead atoms. The van der Waals surface area contributed by atoms with Gasteiger partial charge in [0.1, 0.15) is 0 Å². The van der Waals surface area contributed by atoms with Gasteiger partial charge in [0.05, 0.1) is 0 Å². The van der Waals surface area contributed by atoms with Crippen molar-refractivity contribution in [2.45, 2.75) is 13.8 Å². The van der Waals surface area contributed by atoms with Crippen LogP contribution in [-0.2, 0) is 0 Å². The van der Waals surface area contributed by atoms with Gasteiger partial charge in [0.2, 0.25) is 0 Å². The molecule has 2 heteroatoms. The molecule has 14 heavy (non-hydrogen) atoms. The number of hydrogen-bond acceptors (Lipinski definition) is 1. The molecular formula is C12H14BN. The molecule has 1 N–H and O–H groups in total. The summed E-state index contributed by atoms with van der Waals surface area (Å²) in [4.78, 5) is 0. The third-order valence-corrected chi connectivity index (χ3v) is 1.95. The normalized spacial score (nSPS) is 11.4. The van der Waals surface area contributed by atoms with E-state index < -0.39 is 0 Å². The predicted octanol–water partition coefficient (Wildman–Crippen LogP) is 2.59. The minimum absolute atomic E-state index is 0.536. The van der Waals surface area contributed by atoms with E-state index in [-0.39, 0.29) is 0 Å². The summed E-state index contributed by atoms with van der Waals surface area (Å²) in [5.74, 6) is 1.87. The Labute approximate surface area is 85.9 Å². The molecule has 70 valence electrons. The van der Waals surface area contributed by atoms with Crippen molar-refractivity contribution in [3.8, 4) is 0 Å². The topological polar surface area (TPSA) is 23.9 Å². The van der Waals surface area contributed by atoms with Crippen LogP contribution in [-0.4, -0.2) is 18.5 Å². The van der Waals surface area contributed by atoms with E-state index in [0.717, 1.165) is 5.57 Å². The van der Waals surface area contributed by atoms with Crippen LogP contribution in [0.15, 0.2) is 36.4 Å². The van der Waals surface area contributed by atoms with Crippen LogP contribution in [0.3, 0.4) is 0 Å². The third kappa shape index (κ3) is 3.13. The van der Waals surface area contributed by atoms with Crippen molar-refractivity contribution in [2.75, 3.05) is 0 Å². The molecule has 0 saturated carbocycles.